The molecule has 1 aliphatic heterocycles. The van der Waals surface area contributed by atoms with Crippen LogP contribution in [0.2, 0.25) is 0 Å². The molecule has 1 amide bonds. The summed E-state index contributed by atoms with van der Waals surface area (Å²) < 4.78 is 7.23. The quantitative estimate of drug-likeness (QED) is 0.804. The minimum absolute atomic E-state index is 0.355. The molecule has 1 aromatic heterocycles. The summed E-state index contributed by atoms with van der Waals surface area (Å²) in [4.78, 5) is 24.9. The Morgan fingerprint density at radius 3 is 2.57 bits per heavy atom. The maximum absolute atomic E-state index is 12.1. The maximum Gasteiger partial charge on any atom is 0.410 e. The summed E-state index contributed by atoms with van der Waals surface area (Å²) in [7, 11) is 0. The van der Waals surface area contributed by atoms with Gasteiger partial charge in [0.05, 0.1) is 18.8 Å². The molecular weight excluding hydrogens is 270 g/mol. The fourth-order valence-corrected chi connectivity index (χ4v) is 2.38. The largest absolute Gasteiger partial charge is 0.444 e. The highest BCUT2D eigenvalue weighted by molar-refractivity contribution is 5.76. The third-order valence-corrected chi connectivity index (χ3v) is 3.19. The molecule has 1 aliphatic rings. The van der Waals surface area contributed by atoms with E-state index in [-0.39, 0.29) is 6.09 Å². The van der Waals surface area contributed by atoms with E-state index in [2.05, 4.69) is 18.9 Å². The third-order valence-electron chi connectivity index (χ3n) is 3.19. The SMILES string of the molecule is CC(C)Cn1nc(C=O)c2c1CN(C(=O)OC(C)(C)C)C2. The molecule has 2 rings (SSSR count). The molecule has 0 fully saturated rings. The van der Waals surface area contributed by atoms with Crippen molar-refractivity contribution in [2.24, 2.45) is 5.92 Å². The first-order valence-corrected chi connectivity index (χ1v) is 7.23. The smallest absolute Gasteiger partial charge is 0.410 e. The van der Waals surface area contributed by atoms with E-state index in [9.17, 15) is 9.59 Å². The molecule has 6 nitrogen and oxygen atoms in total. The highest BCUT2D eigenvalue weighted by atomic mass is 16.6. The van der Waals surface area contributed by atoms with E-state index >= 15 is 0 Å². The number of carbonyl (C=O) groups is 2. The van der Waals surface area contributed by atoms with Crippen molar-refractivity contribution in [1.29, 1.82) is 0 Å². The minimum Gasteiger partial charge on any atom is -0.444 e. The molecule has 0 spiro atoms. The Morgan fingerprint density at radius 1 is 1.38 bits per heavy atom. The number of ether oxygens (including phenoxy) is 1. The average molecular weight is 293 g/mol. The number of carbonyl (C=O) groups excluding carboxylic acids is 2. The van der Waals surface area contributed by atoms with Crippen LogP contribution in [0.5, 0.6) is 0 Å². The number of hydrogen-bond acceptors (Lipinski definition) is 4. The first kappa shape index (κ1) is 15.5. The van der Waals surface area contributed by atoms with Crippen LogP contribution in [0.3, 0.4) is 0 Å². The summed E-state index contributed by atoms with van der Waals surface area (Å²) in [5.41, 5.74) is 1.69. The lowest BCUT2D eigenvalue weighted by molar-refractivity contribution is 0.0237. The van der Waals surface area contributed by atoms with Gasteiger partial charge in [-0.25, -0.2) is 4.79 Å². The second-order valence-electron chi connectivity index (χ2n) is 6.84. The fourth-order valence-electron chi connectivity index (χ4n) is 2.38. The Morgan fingerprint density at radius 2 is 2.05 bits per heavy atom. The molecule has 0 unspecified atom stereocenters. The van der Waals surface area contributed by atoms with Gasteiger partial charge < -0.3 is 4.74 Å². The summed E-state index contributed by atoms with van der Waals surface area (Å²) in [6.45, 7) is 11.3. The Hall–Kier alpha value is -1.85. The van der Waals surface area contributed by atoms with E-state index in [0.717, 1.165) is 24.1 Å². The van der Waals surface area contributed by atoms with Crippen molar-refractivity contribution in [2.45, 2.75) is 59.9 Å². The van der Waals surface area contributed by atoms with Gasteiger partial charge in [0.25, 0.3) is 0 Å². The Bertz CT molecular complexity index is 555. The summed E-state index contributed by atoms with van der Waals surface area (Å²) in [6, 6.07) is 0. The van der Waals surface area contributed by atoms with Crippen LogP contribution in [0, 0.1) is 5.92 Å². The van der Waals surface area contributed by atoms with E-state index in [1.165, 1.54) is 0 Å². The predicted octanol–water partition coefficient (Wildman–Crippen LogP) is 2.60. The number of hydrogen-bond donors (Lipinski definition) is 0. The van der Waals surface area contributed by atoms with Crippen LogP contribution in [-0.2, 0) is 24.4 Å². The Balaban J connectivity index is 2.19. The van der Waals surface area contributed by atoms with E-state index in [1.54, 1.807) is 4.90 Å². The number of aldehydes is 1. The normalized spacial score (nSPS) is 14.5. The van der Waals surface area contributed by atoms with Gasteiger partial charge in [-0.2, -0.15) is 5.10 Å². The van der Waals surface area contributed by atoms with Gasteiger partial charge in [0, 0.05) is 12.1 Å². The van der Waals surface area contributed by atoms with Crippen molar-refractivity contribution in [3.8, 4) is 0 Å². The summed E-state index contributed by atoms with van der Waals surface area (Å²) in [5.74, 6) is 0.420. The lowest BCUT2D eigenvalue weighted by Gasteiger charge is -2.24. The highest BCUT2D eigenvalue weighted by Crippen LogP contribution is 2.27. The van der Waals surface area contributed by atoms with E-state index in [4.69, 9.17) is 4.74 Å². The monoisotopic (exact) mass is 293 g/mol. The molecule has 116 valence electrons. The lowest BCUT2D eigenvalue weighted by atomic mass is 10.2. The standard InChI is InChI=1S/C15H23N3O3/c1-10(2)6-18-13-8-17(14(20)21-15(3,4)5)7-11(13)12(9-19)16-18/h9-10H,6-8H2,1-5H3. The zero-order valence-corrected chi connectivity index (χ0v) is 13.3. The van der Waals surface area contributed by atoms with Gasteiger partial charge in [0.15, 0.2) is 6.29 Å². The number of fused-ring (bicyclic) bond motifs is 1. The zero-order chi connectivity index (χ0) is 15.8. The second-order valence-corrected chi connectivity index (χ2v) is 6.84. The van der Waals surface area contributed by atoms with Crippen LogP contribution in [0.1, 0.15) is 56.4 Å². The second kappa shape index (κ2) is 5.50. The van der Waals surface area contributed by atoms with Crippen LogP contribution in [0.25, 0.3) is 0 Å². The molecule has 2 heterocycles. The molecular formula is C15H23N3O3. The topological polar surface area (TPSA) is 64.4 Å². The van der Waals surface area contributed by atoms with Crippen LogP contribution in [0.4, 0.5) is 4.79 Å². The van der Waals surface area contributed by atoms with Crippen molar-refractivity contribution in [3.05, 3.63) is 17.0 Å². The highest BCUT2D eigenvalue weighted by Gasteiger charge is 2.32. The average Bonchev–Trinajstić information content (AvgIpc) is 2.87. The van der Waals surface area contributed by atoms with Crippen molar-refractivity contribution in [3.63, 3.8) is 0 Å². The van der Waals surface area contributed by atoms with Crippen LogP contribution >= 0.6 is 0 Å². The van der Waals surface area contributed by atoms with Gasteiger partial charge in [-0.1, -0.05) is 13.8 Å². The summed E-state index contributed by atoms with van der Waals surface area (Å²) in [6.07, 6.45) is 0.403. The number of nitrogens with zero attached hydrogens (tertiary/aromatic N) is 3. The van der Waals surface area contributed by atoms with E-state index < -0.39 is 5.60 Å². The Labute approximate surface area is 125 Å². The molecule has 0 radical (unpaired) electrons. The van der Waals surface area contributed by atoms with Crippen LogP contribution < -0.4 is 0 Å². The lowest BCUT2D eigenvalue weighted by Crippen LogP contribution is -2.34. The van der Waals surface area contributed by atoms with Crippen LogP contribution in [0.15, 0.2) is 0 Å². The van der Waals surface area contributed by atoms with Crippen LogP contribution in [-0.4, -0.2) is 32.7 Å². The van der Waals surface area contributed by atoms with Gasteiger partial charge in [0.1, 0.15) is 11.3 Å². The summed E-state index contributed by atoms with van der Waals surface area (Å²) in [5, 5.41) is 4.33. The first-order chi connectivity index (χ1) is 9.71. The van der Waals surface area contributed by atoms with Gasteiger partial charge in [-0.15, -0.1) is 0 Å². The van der Waals surface area contributed by atoms with Gasteiger partial charge in [-0.3, -0.25) is 14.4 Å². The van der Waals surface area contributed by atoms with E-state index in [0.29, 0.717) is 24.7 Å². The zero-order valence-electron chi connectivity index (χ0n) is 13.3. The van der Waals surface area contributed by atoms with Gasteiger partial charge in [0.2, 0.25) is 0 Å². The van der Waals surface area contributed by atoms with Crippen molar-refractivity contribution in [1.82, 2.24) is 14.7 Å². The fraction of sp³-hybridized carbons (Fsp3) is 0.667. The minimum atomic E-state index is -0.524. The Kier molecular flexibility index (Phi) is 4.07. The maximum atomic E-state index is 12.1. The van der Waals surface area contributed by atoms with Gasteiger partial charge >= 0.3 is 6.09 Å². The van der Waals surface area contributed by atoms with Gasteiger partial charge in [-0.05, 0) is 26.7 Å². The third kappa shape index (κ3) is 3.43. The molecule has 0 saturated heterocycles. The first-order valence-electron chi connectivity index (χ1n) is 7.23. The number of amides is 1. The number of rotatable bonds is 3. The molecule has 21 heavy (non-hydrogen) atoms. The molecule has 0 bridgehead atoms. The molecule has 0 saturated carbocycles. The number of aromatic nitrogens is 2. The molecule has 0 atom stereocenters. The molecule has 0 N–H and O–H groups in total. The predicted molar refractivity (Wildman–Crippen MR) is 77.9 cm³/mol. The van der Waals surface area contributed by atoms with E-state index in [1.807, 2.05) is 25.5 Å². The van der Waals surface area contributed by atoms with Crippen molar-refractivity contribution < 1.29 is 14.3 Å². The molecule has 0 aliphatic carbocycles. The molecule has 1 aromatic rings. The van der Waals surface area contributed by atoms with Crippen molar-refractivity contribution in [2.75, 3.05) is 0 Å². The summed E-state index contributed by atoms with van der Waals surface area (Å²) >= 11 is 0. The molecule has 6 heteroatoms. The van der Waals surface area contributed by atoms with Crippen molar-refractivity contribution >= 4 is 12.4 Å². The molecule has 0 aromatic carbocycles.